The van der Waals surface area contributed by atoms with Crippen LogP contribution in [0.3, 0.4) is 0 Å². The molecule has 6 aliphatic rings. The van der Waals surface area contributed by atoms with Gasteiger partial charge in [-0.1, -0.05) is 206 Å². The third-order valence-electron chi connectivity index (χ3n) is 18.8. The van der Waals surface area contributed by atoms with Crippen molar-refractivity contribution in [3.05, 3.63) is 270 Å². The van der Waals surface area contributed by atoms with Crippen LogP contribution in [-0.4, -0.2) is 0 Å². The lowest BCUT2D eigenvalue weighted by Gasteiger charge is -2.92. The number of fused-ring (bicyclic) bond motifs is 11. The van der Waals surface area contributed by atoms with Crippen molar-refractivity contribution in [1.82, 2.24) is 0 Å². The Balaban J connectivity index is 0.970. The Hall–Kier alpha value is -7.74. The van der Waals surface area contributed by atoms with Crippen LogP contribution in [0.1, 0.15) is 52.6 Å². The fourth-order valence-electron chi connectivity index (χ4n) is 16.4. The summed E-state index contributed by atoms with van der Waals surface area (Å²) in [6.07, 6.45) is 4.24. The summed E-state index contributed by atoms with van der Waals surface area (Å²) in [6.45, 7) is 0. The van der Waals surface area contributed by atoms with Crippen molar-refractivity contribution in [2.24, 2.45) is 29.1 Å². The highest BCUT2D eigenvalue weighted by Gasteiger charge is 2.90. The molecule has 16 rings (SSSR count). The second-order valence-corrected chi connectivity index (χ2v) is 21.0. The number of hydrogen-bond donors (Lipinski definition) is 0. The molecule has 2 spiro atoms. The van der Waals surface area contributed by atoms with Gasteiger partial charge >= 0.3 is 0 Å². The number of hydrogen-bond acceptors (Lipinski definition) is 1. The number of anilines is 3. The summed E-state index contributed by atoms with van der Waals surface area (Å²) < 4.78 is 0. The first kappa shape index (κ1) is 38.3. The van der Waals surface area contributed by atoms with Crippen LogP contribution in [0.5, 0.6) is 0 Å². The van der Waals surface area contributed by atoms with E-state index >= 15 is 0 Å². The van der Waals surface area contributed by atoms with Crippen LogP contribution in [0.25, 0.3) is 55.3 Å². The predicted molar refractivity (Wildman–Crippen MR) is 283 cm³/mol. The molecule has 0 amide bonds. The summed E-state index contributed by atoms with van der Waals surface area (Å²) in [4.78, 5) is 2.63. The van der Waals surface area contributed by atoms with Gasteiger partial charge in [0.05, 0.1) is 11.1 Å². The highest BCUT2D eigenvalue weighted by Crippen LogP contribution is 2.95. The largest absolute Gasteiger partial charge is 0.310 e. The van der Waals surface area contributed by atoms with Gasteiger partial charge in [0.15, 0.2) is 0 Å². The molecule has 0 saturated heterocycles. The Bertz CT molecular complexity index is 3690. The number of para-hydroxylation sites is 1. The molecule has 0 heterocycles. The first-order chi connectivity index (χ1) is 34.2. The monoisotopic (exact) mass is 879 g/mol. The van der Waals surface area contributed by atoms with Gasteiger partial charge in [0.1, 0.15) is 0 Å². The minimum absolute atomic E-state index is 0.0934. The van der Waals surface area contributed by atoms with Crippen molar-refractivity contribution < 1.29 is 0 Å². The summed E-state index contributed by atoms with van der Waals surface area (Å²) in [7, 11) is 0. The first-order valence-electron chi connectivity index (χ1n) is 25.3. The molecular weight excluding hydrogens is 831 g/mol. The molecule has 4 unspecified atom stereocenters. The average Bonchev–Trinajstić information content (AvgIpc) is 3.86. The van der Waals surface area contributed by atoms with Crippen LogP contribution in [0, 0.1) is 29.1 Å². The van der Waals surface area contributed by atoms with E-state index in [0.29, 0.717) is 5.41 Å². The van der Waals surface area contributed by atoms with Crippen LogP contribution >= 0.6 is 0 Å². The van der Waals surface area contributed by atoms with Gasteiger partial charge < -0.3 is 4.90 Å². The van der Waals surface area contributed by atoms with E-state index in [2.05, 4.69) is 241 Å². The van der Waals surface area contributed by atoms with Crippen LogP contribution in [-0.2, 0) is 10.8 Å². The summed E-state index contributed by atoms with van der Waals surface area (Å²) >= 11 is 0. The van der Waals surface area contributed by atoms with E-state index in [1.807, 2.05) is 0 Å². The number of nitrogens with zero attached hydrogens (tertiary/aromatic N) is 1. The molecule has 6 aliphatic carbocycles. The van der Waals surface area contributed by atoms with E-state index < -0.39 is 5.41 Å². The molecule has 4 fully saturated rings. The molecule has 10 aromatic rings. The highest BCUT2D eigenvalue weighted by molar-refractivity contribution is 6.09. The molecule has 1 heteroatoms. The molecule has 0 radical (unpaired) electrons. The quantitative estimate of drug-likeness (QED) is 0.154. The van der Waals surface area contributed by atoms with E-state index in [1.165, 1.54) is 108 Å². The third-order valence-corrected chi connectivity index (χ3v) is 18.8. The van der Waals surface area contributed by atoms with E-state index in [4.69, 9.17) is 0 Å². The van der Waals surface area contributed by atoms with Gasteiger partial charge in [-0.3, -0.25) is 0 Å². The lowest BCUT2D eigenvalue weighted by atomic mass is 9.11. The number of benzene rings is 10. The van der Waals surface area contributed by atoms with Crippen molar-refractivity contribution in [2.75, 3.05) is 4.90 Å². The minimum Gasteiger partial charge on any atom is -0.310 e. The number of rotatable bonds is 7. The third kappa shape index (κ3) is 4.58. The standard InChI is InChI=1S/C68H49N/c1-4-18-43(19-5-1)51-29-16-20-44-21-17-30-57(65(44)51)56-28-12-15-33-62(56)69(50-35-37-55-53-27-11-14-32-59(53)68(61(55)42-50)63-39-47-38-48-40-64(68)67(47,48)63)49-34-36-54-52-26-10-13-31-58(52)66(60(54)41-49,45-22-6-2-7-23-45)46-24-8-3-9-25-46/h1-37,41-42,47-48,63-64H,38-40H2. The second-order valence-electron chi connectivity index (χ2n) is 21.0. The van der Waals surface area contributed by atoms with E-state index in [9.17, 15) is 0 Å². The zero-order valence-electron chi connectivity index (χ0n) is 38.4. The van der Waals surface area contributed by atoms with Crippen LogP contribution in [0.2, 0.25) is 0 Å². The van der Waals surface area contributed by atoms with Crippen LogP contribution < -0.4 is 4.90 Å². The zero-order chi connectivity index (χ0) is 45.1. The van der Waals surface area contributed by atoms with Crippen molar-refractivity contribution in [2.45, 2.75) is 30.1 Å². The smallest absolute Gasteiger partial charge is 0.0714 e. The fraction of sp³-hybridized carbons (Fsp3) is 0.147. The van der Waals surface area contributed by atoms with Gasteiger partial charge in [0.2, 0.25) is 0 Å². The summed E-state index contributed by atoms with van der Waals surface area (Å²) in [5, 5.41) is 2.52. The zero-order valence-corrected chi connectivity index (χ0v) is 38.4. The Morgan fingerprint density at radius 3 is 1.49 bits per heavy atom. The van der Waals surface area contributed by atoms with Crippen molar-refractivity contribution >= 4 is 27.8 Å². The average molecular weight is 880 g/mol. The maximum Gasteiger partial charge on any atom is 0.0714 e. The van der Waals surface area contributed by atoms with Gasteiger partial charge in [-0.15, -0.1) is 0 Å². The molecule has 69 heavy (non-hydrogen) atoms. The van der Waals surface area contributed by atoms with Gasteiger partial charge in [-0.25, -0.2) is 0 Å². The van der Waals surface area contributed by atoms with Gasteiger partial charge in [-0.2, -0.15) is 0 Å². The minimum atomic E-state index is -0.524. The lowest BCUT2D eigenvalue weighted by molar-refractivity contribution is -0.412. The SMILES string of the molecule is c1ccc(-c2cccc3cccc(-c4ccccc4N(c4ccc5c(c4)C(c4ccccc4)(c4ccccc4)c4ccccc4-5)c4ccc5c(c4)C4(c6ccccc6-5)C5CC6CC7CC4C675)c23)cc1. The normalized spacial score (nSPS) is 24.0. The van der Waals surface area contributed by atoms with Gasteiger partial charge in [-0.05, 0) is 162 Å². The Morgan fingerprint density at radius 1 is 0.348 bits per heavy atom. The molecule has 326 valence electrons. The van der Waals surface area contributed by atoms with Crippen molar-refractivity contribution in [1.29, 1.82) is 0 Å². The molecule has 0 aromatic heterocycles. The van der Waals surface area contributed by atoms with Crippen molar-refractivity contribution in [3.8, 4) is 44.5 Å². The molecule has 1 nitrogen and oxygen atoms in total. The Morgan fingerprint density at radius 2 is 0.841 bits per heavy atom. The molecule has 0 bridgehead atoms. The highest BCUT2D eigenvalue weighted by atomic mass is 15.1. The molecule has 0 aliphatic heterocycles. The Kier molecular flexibility index (Phi) is 7.60. The van der Waals surface area contributed by atoms with Crippen LogP contribution in [0.4, 0.5) is 17.1 Å². The van der Waals surface area contributed by atoms with E-state index in [1.54, 1.807) is 11.1 Å². The second kappa shape index (κ2) is 13.7. The fourth-order valence-corrected chi connectivity index (χ4v) is 16.4. The van der Waals surface area contributed by atoms with E-state index in [-0.39, 0.29) is 5.41 Å². The van der Waals surface area contributed by atoms with Crippen LogP contribution in [0.15, 0.2) is 237 Å². The van der Waals surface area contributed by atoms with Crippen molar-refractivity contribution in [3.63, 3.8) is 0 Å². The van der Waals surface area contributed by atoms with Gasteiger partial charge in [0, 0.05) is 22.4 Å². The summed E-state index contributed by atoms with van der Waals surface area (Å²) in [6, 6.07) is 89.9. The molecule has 0 N–H and O–H groups in total. The molecule has 4 atom stereocenters. The molecular formula is C68H49N. The van der Waals surface area contributed by atoms with Gasteiger partial charge in [0.25, 0.3) is 0 Å². The Labute approximate surface area is 404 Å². The predicted octanol–water partition coefficient (Wildman–Crippen LogP) is 16.9. The lowest BCUT2D eigenvalue weighted by Crippen LogP contribution is -2.88. The summed E-state index contributed by atoms with van der Waals surface area (Å²) in [5.74, 6) is 3.39. The molecule has 10 aromatic carbocycles. The van der Waals surface area contributed by atoms with E-state index in [0.717, 1.165) is 29.4 Å². The molecule has 4 saturated carbocycles. The first-order valence-corrected chi connectivity index (χ1v) is 25.3. The topological polar surface area (TPSA) is 3.24 Å². The maximum absolute atomic E-state index is 2.67. The maximum atomic E-state index is 2.67. The summed E-state index contributed by atoms with van der Waals surface area (Å²) in [5.41, 5.74) is 22.5.